The molecule has 0 fully saturated rings. The minimum Gasteiger partial charge on any atom is -0.314 e. The maximum atomic E-state index is 12.6. The van der Waals surface area contributed by atoms with Crippen molar-refractivity contribution < 1.29 is 4.79 Å². The van der Waals surface area contributed by atoms with Gasteiger partial charge in [0.25, 0.3) is 0 Å². The Kier molecular flexibility index (Phi) is 3.89. The highest BCUT2D eigenvalue weighted by atomic mass is 32.1. The Hall–Kier alpha value is -2.86. The summed E-state index contributed by atoms with van der Waals surface area (Å²) in [6.07, 6.45) is 6.96. The number of hydrogen-bond donors (Lipinski definition) is 0. The molecule has 0 aromatic carbocycles. The van der Waals surface area contributed by atoms with Crippen molar-refractivity contribution in [3.8, 4) is 22.1 Å². The van der Waals surface area contributed by atoms with Crippen molar-refractivity contribution in [3.63, 3.8) is 0 Å². The van der Waals surface area contributed by atoms with Crippen LogP contribution in [0.25, 0.3) is 27.6 Å². The van der Waals surface area contributed by atoms with Crippen LogP contribution in [-0.4, -0.2) is 25.1 Å². The average molecular weight is 348 g/mol. The van der Waals surface area contributed by atoms with Crippen LogP contribution in [0.2, 0.25) is 0 Å². The SMILES string of the molecule is CC(C)C(=O)c1cc(-c2csc(-c3cnccn3)n2)n2ccccc12. The summed E-state index contributed by atoms with van der Waals surface area (Å²) in [5.74, 6) is 0.0872. The van der Waals surface area contributed by atoms with E-state index in [-0.39, 0.29) is 11.7 Å². The number of hydrogen-bond acceptors (Lipinski definition) is 5. The highest BCUT2D eigenvalue weighted by Gasteiger charge is 2.20. The normalized spacial score (nSPS) is 11.3. The summed E-state index contributed by atoms with van der Waals surface area (Å²) < 4.78 is 2.02. The molecule has 0 radical (unpaired) electrons. The van der Waals surface area contributed by atoms with Crippen LogP contribution in [0.1, 0.15) is 24.2 Å². The Bertz CT molecular complexity index is 1050. The summed E-state index contributed by atoms with van der Waals surface area (Å²) in [7, 11) is 0. The second kappa shape index (κ2) is 6.22. The lowest BCUT2D eigenvalue weighted by molar-refractivity contribution is 0.0941. The molecule has 0 saturated carbocycles. The minimum absolute atomic E-state index is 0.0511. The topological polar surface area (TPSA) is 60.2 Å². The lowest BCUT2D eigenvalue weighted by Gasteiger charge is -2.02. The third-order valence-electron chi connectivity index (χ3n) is 4.02. The average Bonchev–Trinajstić information content (AvgIpc) is 3.26. The van der Waals surface area contributed by atoms with Crippen molar-refractivity contribution in [2.24, 2.45) is 5.92 Å². The molecule has 0 bridgehead atoms. The fourth-order valence-electron chi connectivity index (χ4n) is 2.78. The van der Waals surface area contributed by atoms with Crippen molar-refractivity contribution in [3.05, 3.63) is 60.0 Å². The zero-order chi connectivity index (χ0) is 17.4. The number of nitrogens with zero attached hydrogens (tertiary/aromatic N) is 4. The zero-order valence-electron chi connectivity index (χ0n) is 13.9. The van der Waals surface area contributed by atoms with E-state index in [1.807, 2.05) is 54.1 Å². The smallest absolute Gasteiger partial charge is 0.167 e. The third kappa shape index (κ3) is 2.74. The van der Waals surface area contributed by atoms with Crippen LogP contribution < -0.4 is 0 Å². The lowest BCUT2D eigenvalue weighted by atomic mass is 10.0. The molecular weight excluding hydrogens is 332 g/mol. The van der Waals surface area contributed by atoms with E-state index in [4.69, 9.17) is 4.98 Å². The molecule has 0 amide bonds. The summed E-state index contributed by atoms with van der Waals surface area (Å²) >= 11 is 1.52. The van der Waals surface area contributed by atoms with Crippen LogP contribution in [0.4, 0.5) is 0 Å². The first kappa shape index (κ1) is 15.7. The summed E-state index contributed by atoms with van der Waals surface area (Å²) in [5.41, 5.74) is 4.13. The molecule has 0 N–H and O–H groups in total. The maximum Gasteiger partial charge on any atom is 0.167 e. The maximum absolute atomic E-state index is 12.6. The van der Waals surface area contributed by atoms with E-state index in [9.17, 15) is 4.79 Å². The van der Waals surface area contributed by atoms with Crippen molar-refractivity contribution in [1.82, 2.24) is 19.4 Å². The van der Waals surface area contributed by atoms with Gasteiger partial charge in [-0.3, -0.25) is 14.8 Å². The first-order chi connectivity index (χ1) is 12.1. The first-order valence-electron chi connectivity index (χ1n) is 8.01. The monoisotopic (exact) mass is 348 g/mol. The predicted molar refractivity (Wildman–Crippen MR) is 98.7 cm³/mol. The molecule has 0 aliphatic rings. The fraction of sp³-hybridized carbons (Fsp3) is 0.158. The highest BCUT2D eigenvalue weighted by Crippen LogP contribution is 2.31. The van der Waals surface area contributed by atoms with Gasteiger partial charge in [0.05, 0.1) is 23.1 Å². The Balaban J connectivity index is 1.85. The van der Waals surface area contributed by atoms with Gasteiger partial charge in [-0.1, -0.05) is 19.9 Å². The van der Waals surface area contributed by atoms with Crippen LogP contribution in [0.5, 0.6) is 0 Å². The summed E-state index contributed by atoms with van der Waals surface area (Å²) in [6, 6.07) is 7.81. The number of thiazole rings is 1. The van der Waals surface area contributed by atoms with Gasteiger partial charge in [0.1, 0.15) is 10.7 Å². The number of rotatable bonds is 4. The number of aromatic nitrogens is 4. The van der Waals surface area contributed by atoms with Crippen LogP contribution in [0.15, 0.2) is 54.4 Å². The number of pyridine rings is 1. The van der Waals surface area contributed by atoms with E-state index < -0.39 is 0 Å². The molecule has 6 heteroatoms. The molecule has 0 aliphatic heterocycles. The van der Waals surface area contributed by atoms with Gasteiger partial charge in [-0.05, 0) is 18.2 Å². The molecule has 4 aromatic heterocycles. The van der Waals surface area contributed by atoms with Crippen LogP contribution in [-0.2, 0) is 0 Å². The van der Waals surface area contributed by atoms with Gasteiger partial charge in [-0.2, -0.15) is 0 Å². The molecule has 0 unspecified atom stereocenters. The Morgan fingerprint density at radius 2 is 2.08 bits per heavy atom. The summed E-state index contributed by atoms with van der Waals surface area (Å²) in [6.45, 7) is 3.84. The van der Waals surface area contributed by atoms with Crippen LogP contribution in [0.3, 0.4) is 0 Å². The zero-order valence-corrected chi connectivity index (χ0v) is 14.7. The minimum atomic E-state index is -0.0511. The fourth-order valence-corrected chi connectivity index (χ4v) is 3.55. The molecule has 4 heterocycles. The third-order valence-corrected chi connectivity index (χ3v) is 4.88. The van der Waals surface area contributed by atoms with E-state index in [1.165, 1.54) is 11.3 Å². The van der Waals surface area contributed by atoms with Crippen molar-refractivity contribution in [1.29, 1.82) is 0 Å². The molecule has 0 aliphatic carbocycles. The molecule has 0 spiro atoms. The molecule has 124 valence electrons. The molecule has 0 saturated heterocycles. The number of fused-ring (bicyclic) bond motifs is 1. The molecular formula is C19H16N4OS. The Labute approximate surface area is 149 Å². The van der Waals surface area contributed by atoms with E-state index in [0.717, 1.165) is 33.2 Å². The molecule has 5 nitrogen and oxygen atoms in total. The summed E-state index contributed by atoms with van der Waals surface area (Å²) in [4.78, 5) is 25.7. The van der Waals surface area contributed by atoms with Gasteiger partial charge in [-0.25, -0.2) is 4.98 Å². The van der Waals surface area contributed by atoms with E-state index >= 15 is 0 Å². The van der Waals surface area contributed by atoms with Crippen molar-refractivity contribution in [2.75, 3.05) is 0 Å². The molecule has 25 heavy (non-hydrogen) atoms. The van der Waals surface area contributed by atoms with Crippen molar-refractivity contribution in [2.45, 2.75) is 13.8 Å². The largest absolute Gasteiger partial charge is 0.314 e. The number of carbonyl (C=O) groups is 1. The number of carbonyl (C=O) groups excluding carboxylic acids is 1. The van der Waals surface area contributed by atoms with E-state index in [2.05, 4.69) is 9.97 Å². The number of ketones is 1. The van der Waals surface area contributed by atoms with Gasteiger partial charge in [0.15, 0.2) is 5.78 Å². The molecule has 0 atom stereocenters. The van der Waals surface area contributed by atoms with Crippen LogP contribution in [0, 0.1) is 5.92 Å². The predicted octanol–water partition coefficient (Wildman–Crippen LogP) is 4.36. The van der Waals surface area contributed by atoms with Gasteiger partial charge in [0, 0.05) is 35.5 Å². The Morgan fingerprint density at radius 3 is 2.84 bits per heavy atom. The van der Waals surface area contributed by atoms with Gasteiger partial charge < -0.3 is 4.40 Å². The van der Waals surface area contributed by atoms with Crippen molar-refractivity contribution >= 4 is 22.6 Å². The standard InChI is InChI=1S/C19H16N4OS/c1-12(2)18(24)13-9-17(23-8-4-3-5-16(13)23)15-11-25-19(22-15)14-10-20-6-7-21-14/h3-12H,1-2H3. The van der Waals surface area contributed by atoms with Crippen LogP contribution >= 0.6 is 11.3 Å². The second-order valence-corrected chi connectivity index (χ2v) is 6.90. The first-order valence-corrected chi connectivity index (χ1v) is 8.89. The van der Waals surface area contributed by atoms with Gasteiger partial charge >= 0.3 is 0 Å². The number of Topliss-reactive ketones (excluding diaryl/α,β-unsaturated/α-hetero) is 1. The Morgan fingerprint density at radius 1 is 1.20 bits per heavy atom. The van der Waals surface area contributed by atoms with E-state index in [0.29, 0.717) is 0 Å². The molecule has 4 rings (SSSR count). The lowest BCUT2D eigenvalue weighted by Crippen LogP contribution is -2.06. The summed E-state index contributed by atoms with van der Waals surface area (Å²) in [5, 5.41) is 2.80. The highest BCUT2D eigenvalue weighted by molar-refractivity contribution is 7.13. The quantitative estimate of drug-likeness (QED) is 0.514. The molecule has 4 aromatic rings. The van der Waals surface area contributed by atoms with Gasteiger partial charge in [0.2, 0.25) is 0 Å². The second-order valence-electron chi connectivity index (χ2n) is 6.05. The van der Waals surface area contributed by atoms with Gasteiger partial charge in [-0.15, -0.1) is 11.3 Å². The van der Waals surface area contributed by atoms with E-state index in [1.54, 1.807) is 18.6 Å².